The van der Waals surface area contributed by atoms with Crippen molar-refractivity contribution in [3.8, 4) is 5.75 Å². The second kappa shape index (κ2) is 7.66. The monoisotopic (exact) mass is 335 g/mol. The standard InChI is InChI=1S/C18H25NO5/c1-13-4-5-15(14(2)10-13)24-9-6-16(20)19-8-7-18(11-19,12-23-3)17(21)22/h4-5,10H,6-9,11-12H2,1-3H3,(H,21,22). The van der Waals surface area contributed by atoms with Crippen LogP contribution in [0, 0.1) is 19.3 Å². The molecule has 6 heteroatoms. The topological polar surface area (TPSA) is 76.1 Å². The molecule has 1 aromatic carbocycles. The van der Waals surface area contributed by atoms with Gasteiger partial charge in [0.05, 0.1) is 19.6 Å². The van der Waals surface area contributed by atoms with Gasteiger partial charge in [0.15, 0.2) is 0 Å². The number of aryl methyl sites for hydroxylation is 2. The zero-order valence-corrected chi connectivity index (χ0v) is 14.5. The van der Waals surface area contributed by atoms with Crippen molar-refractivity contribution >= 4 is 11.9 Å². The number of likely N-dealkylation sites (tertiary alicyclic amines) is 1. The summed E-state index contributed by atoms with van der Waals surface area (Å²) in [7, 11) is 1.48. The van der Waals surface area contributed by atoms with Gasteiger partial charge in [-0.3, -0.25) is 9.59 Å². The Balaban J connectivity index is 1.86. The molecular weight excluding hydrogens is 310 g/mol. The first-order chi connectivity index (χ1) is 11.4. The van der Waals surface area contributed by atoms with E-state index in [1.165, 1.54) is 7.11 Å². The molecule has 1 aromatic rings. The Hall–Kier alpha value is -2.08. The molecule has 0 aliphatic carbocycles. The van der Waals surface area contributed by atoms with Gasteiger partial charge in [0.25, 0.3) is 0 Å². The van der Waals surface area contributed by atoms with Gasteiger partial charge in [-0.05, 0) is 31.9 Å². The van der Waals surface area contributed by atoms with E-state index in [0.717, 1.165) is 16.9 Å². The normalized spacial score (nSPS) is 20.2. The lowest BCUT2D eigenvalue weighted by molar-refractivity contribution is -0.151. The summed E-state index contributed by atoms with van der Waals surface area (Å²) in [5.41, 5.74) is 1.21. The number of aliphatic carboxylic acids is 1. The average molecular weight is 335 g/mol. The number of hydrogen-bond donors (Lipinski definition) is 1. The van der Waals surface area contributed by atoms with E-state index in [0.29, 0.717) is 13.0 Å². The average Bonchev–Trinajstić information content (AvgIpc) is 2.95. The number of benzene rings is 1. The Bertz CT molecular complexity index is 615. The van der Waals surface area contributed by atoms with Crippen LogP contribution in [0.25, 0.3) is 0 Å². The predicted octanol–water partition coefficient (Wildman–Crippen LogP) is 2.02. The zero-order valence-electron chi connectivity index (χ0n) is 14.5. The molecule has 0 aromatic heterocycles. The SMILES string of the molecule is COCC1(C(=O)O)CCN(C(=O)CCOc2ccc(C)cc2C)C1. The van der Waals surface area contributed by atoms with Crippen LogP contribution < -0.4 is 4.74 Å². The summed E-state index contributed by atoms with van der Waals surface area (Å²) in [6.45, 7) is 5.02. The highest BCUT2D eigenvalue weighted by molar-refractivity contribution is 5.80. The third kappa shape index (κ3) is 4.06. The van der Waals surface area contributed by atoms with E-state index in [1.807, 2.05) is 32.0 Å². The summed E-state index contributed by atoms with van der Waals surface area (Å²) in [5, 5.41) is 9.43. The second-order valence-corrected chi connectivity index (χ2v) is 6.45. The maximum Gasteiger partial charge on any atom is 0.313 e. The minimum absolute atomic E-state index is 0.0843. The van der Waals surface area contributed by atoms with Crippen molar-refractivity contribution in [2.45, 2.75) is 26.7 Å². The van der Waals surface area contributed by atoms with E-state index in [4.69, 9.17) is 9.47 Å². The molecule has 1 unspecified atom stereocenters. The van der Waals surface area contributed by atoms with Crippen molar-refractivity contribution in [1.82, 2.24) is 4.90 Å². The van der Waals surface area contributed by atoms with E-state index in [2.05, 4.69) is 0 Å². The predicted molar refractivity (Wildman–Crippen MR) is 89.2 cm³/mol. The minimum Gasteiger partial charge on any atom is -0.493 e. The molecular formula is C18H25NO5. The quantitative estimate of drug-likeness (QED) is 0.825. The van der Waals surface area contributed by atoms with Crippen molar-refractivity contribution < 1.29 is 24.2 Å². The van der Waals surface area contributed by atoms with Gasteiger partial charge in [0.1, 0.15) is 11.2 Å². The summed E-state index contributed by atoms with van der Waals surface area (Å²) in [5.74, 6) is -0.223. The van der Waals surface area contributed by atoms with Crippen molar-refractivity contribution in [1.29, 1.82) is 0 Å². The van der Waals surface area contributed by atoms with E-state index < -0.39 is 11.4 Å². The van der Waals surface area contributed by atoms with Gasteiger partial charge < -0.3 is 19.5 Å². The molecule has 0 saturated carbocycles. The Morgan fingerprint density at radius 3 is 2.71 bits per heavy atom. The number of carbonyl (C=O) groups excluding carboxylic acids is 1. The Morgan fingerprint density at radius 1 is 1.33 bits per heavy atom. The van der Waals surface area contributed by atoms with E-state index in [-0.39, 0.29) is 32.1 Å². The van der Waals surface area contributed by atoms with Crippen LogP contribution in [0.1, 0.15) is 24.0 Å². The van der Waals surface area contributed by atoms with Gasteiger partial charge in [0, 0.05) is 20.2 Å². The lowest BCUT2D eigenvalue weighted by Gasteiger charge is -2.23. The van der Waals surface area contributed by atoms with Crippen LogP contribution in [-0.2, 0) is 14.3 Å². The molecule has 132 valence electrons. The number of carboxylic acids is 1. The number of hydrogen-bond acceptors (Lipinski definition) is 4. The maximum atomic E-state index is 12.3. The molecule has 1 heterocycles. The van der Waals surface area contributed by atoms with E-state index >= 15 is 0 Å². The first-order valence-electron chi connectivity index (χ1n) is 8.08. The molecule has 1 aliphatic rings. The Labute approximate surface area is 142 Å². The second-order valence-electron chi connectivity index (χ2n) is 6.45. The molecule has 0 radical (unpaired) electrons. The highest BCUT2D eigenvalue weighted by Gasteiger charge is 2.46. The highest BCUT2D eigenvalue weighted by Crippen LogP contribution is 2.31. The van der Waals surface area contributed by atoms with Gasteiger partial charge in [-0.15, -0.1) is 0 Å². The smallest absolute Gasteiger partial charge is 0.313 e. The lowest BCUT2D eigenvalue weighted by atomic mass is 9.88. The number of rotatable bonds is 7. The van der Waals surface area contributed by atoms with Crippen LogP contribution in [0.4, 0.5) is 0 Å². The number of amides is 1. The summed E-state index contributed by atoms with van der Waals surface area (Å²) in [6.07, 6.45) is 0.649. The summed E-state index contributed by atoms with van der Waals surface area (Å²) >= 11 is 0. The van der Waals surface area contributed by atoms with Gasteiger partial charge in [-0.2, -0.15) is 0 Å². The fourth-order valence-electron chi connectivity index (χ4n) is 3.08. The largest absolute Gasteiger partial charge is 0.493 e. The van der Waals surface area contributed by atoms with Gasteiger partial charge >= 0.3 is 5.97 Å². The molecule has 1 aliphatic heterocycles. The van der Waals surface area contributed by atoms with Crippen molar-refractivity contribution in [3.05, 3.63) is 29.3 Å². The molecule has 1 atom stereocenters. The highest BCUT2D eigenvalue weighted by atomic mass is 16.5. The third-order valence-corrected chi connectivity index (χ3v) is 4.48. The first kappa shape index (κ1) is 18.3. The summed E-state index contributed by atoms with van der Waals surface area (Å²) in [4.78, 5) is 25.4. The number of carbonyl (C=O) groups is 2. The van der Waals surface area contributed by atoms with Crippen LogP contribution in [0.15, 0.2) is 18.2 Å². The molecule has 6 nitrogen and oxygen atoms in total. The molecule has 1 fully saturated rings. The van der Waals surface area contributed by atoms with Crippen LogP contribution in [0.5, 0.6) is 5.75 Å². The molecule has 1 N–H and O–H groups in total. The van der Waals surface area contributed by atoms with Crippen molar-refractivity contribution in [2.75, 3.05) is 33.4 Å². The molecule has 0 spiro atoms. The van der Waals surface area contributed by atoms with E-state index in [1.54, 1.807) is 4.90 Å². The zero-order chi connectivity index (χ0) is 17.7. The Kier molecular flexibility index (Phi) is 5.83. The van der Waals surface area contributed by atoms with Gasteiger partial charge in [-0.25, -0.2) is 0 Å². The fourth-order valence-corrected chi connectivity index (χ4v) is 3.08. The molecule has 1 saturated heterocycles. The van der Waals surface area contributed by atoms with Gasteiger partial charge in [-0.1, -0.05) is 17.7 Å². The maximum absolute atomic E-state index is 12.3. The lowest BCUT2D eigenvalue weighted by Crippen LogP contribution is -2.40. The molecule has 2 rings (SSSR count). The molecule has 0 bridgehead atoms. The van der Waals surface area contributed by atoms with Crippen molar-refractivity contribution in [2.24, 2.45) is 5.41 Å². The van der Waals surface area contributed by atoms with Crippen LogP contribution in [-0.4, -0.2) is 55.3 Å². The molecule has 24 heavy (non-hydrogen) atoms. The summed E-state index contributed by atoms with van der Waals surface area (Å²) in [6, 6.07) is 5.90. The third-order valence-electron chi connectivity index (χ3n) is 4.48. The number of methoxy groups -OCH3 is 1. The fraction of sp³-hybridized carbons (Fsp3) is 0.556. The number of nitrogens with zero attached hydrogens (tertiary/aromatic N) is 1. The van der Waals surface area contributed by atoms with Crippen molar-refractivity contribution in [3.63, 3.8) is 0 Å². The number of ether oxygens (including phenoxy) is 2. The first-order valence-corrected chi connectivity index (χ1v) is 8.08. The van der Waals surface area contributed by atoms with Crippen LogP contribution in [0.3, 0.4) is 0 Å². The van der Waals surface area contributed by atoms with Crippen LogP contribution in [0.2, 0.25) is 0 Å². The number of carboxylic acid groups (broad SMARTS) is 1. The Morgan fingerprint density at radius 2 is 2.08 bits per heavy atom. The van der Waals surface area contributed by atoms with Crippen LogP contribution >= 0.6 is 0 Å². The van der Waals surface area contributed by atoms with Gasteiger partial charge in [0.2, 0.25) is 5.91 Å². The minimum atomic E-state index is -0.987. The van der Waals surface area contributed by atoms with E-state index in [9.17, 15) is 14.7 Å². The summed E-state index contributed by atoms with van der Waals surface area (Å²) < 4.78 is 10.7. The molecule has 1 amide bonds.